The second kappa shape index (κ2) is 32.7. The molecule has 0 aromatic heterocycles. The van der Waals surface area contributed by atoms with E-state index in [2.05, 4.69) is 44.2 Å². The molecule has 238 valence electrons. The highest BCUT2D eigenvalue weighted by Gasteiger charge is 2.11. The number of hydrogen-bond donors (Lipinski definition) is 1. The molecule has 0 rings (SSSR count). The lowest BCUT2D eigenvalue weighted by molar-refractivity contribution is -0.147. The van der Waals surface area contributed by atoms with Gasteiger partial charge >= 0.3 is 11.9 Å². The fraction of sp³-hybridized carbons (Fsp3) is 0.784. The summed E-state index contributed by atoms with van der Waals surface area (Å²) < 4.78 is 5.82. The number of rotatable bonds is 31. The van der Waals surface area contributed by atoms with Gasteiger partial charge in [-0.25, -0.2) is 0 Å². The number of carboxylic acid groups (broad SMARTS) is 1. The molecule has 0 bridgehead atoms. The summed E-state index contributed by atoms with van der Waals surface area (Å²) in [6, 6.07) is 0. The molecule has 0 radical (unpaired) electrons. The number of unbranched alkanes of at least 4 members (excludes halogenated alkanes) is 18. The van der Waals surface area contributed by atoms with Gasteiger partial charge in [0, 0.05) is 12.8 Å². The van der Waals surface area contributed by atoms with Crippen LogP contribution >= 0.6 is 0 Å². The number of aliphatic carboxylic acids is 1. The summed E-state index contributed by atoms with van der Waals surface area (Å²) in [5, 5.41) is 8.79. The third-order valence-corrected chi connectivity index (χ3v) is 7.57. The molecule has 0 aliphatic heterocycles. The molecule has 0 spiro atoms. The van der Waals surface area contributed by atoms with Crippen LogP contribution in [0.25, 0.3) is 0 Å². The van der Waals surface area contributed by atoms with Crippen LogP contribution in [-0.2, 0) is 14.3 Å². The van der Waals surface area contributed by atoms with Gasteiger partial charge in [0.05, 0.1) is 0 Å². The van der Waals surface area contributed by atoms with E-state index in [0.29, 0.717) is 12.8 Å². The lowest BCUT2D eigenvalue weighted by Gasteiger charge is -2.14. The van der Waals surface area contributed by atoms with Gasteiger partial charge in [-0.2, -0.15) is 0 Å². The van der Waals surface area contributed by atoms with Crippen LogP contribution in [-0.4, -0.2) is 23.1 Å². The number of ether oxygens (including phenoxy) is 1. The average Bonchev–Trinajstić information content (AvgIpc) is 2.95. The van der Waals surface area contributed by atoms with Crippen molar-refractivity contribution in [2.24, 2.45) is 0 Å². The van der Waals surface area contributed by atoms with Gasteiger partial charge in [0.25, 0.3) is 0 Å². The smallest absolute Gasteiger partial charge is 0.306 e. The Morgan fingerprint density at radius 2 is 1.05 bits per heavy atom. The number of carbonyl (C=O) groups excluding carboxylic acids is 1. The summed E-state index contributed by atoms with van der Waals surface area (Å²) in [6.45, 7) is 4.47. The second-order valence-corrected chi connectivity index (χ2v) is 11.7. The van der Waals surface area contributed by atoms with Crippen LogP contribution in [0.2, 0.25) is 0 Å². The number of carbonyl (C=O) groups is 2. The molecular weight excluding hydrogens is 508 g/mol. The van der Waals surface area contributed by atoms with Crippen molar-refractivity contribution in [1.82, 2.24) is 0 Å². The third-order valence-electron chi connectivity index (χ3n) is 7.57. The average molecular weight is 575 g/mol. The fourth-order valence-corrected chi connectivity index (χ4v) is 4.94. The van der Waals surface area contributed by atoms with Crippen LogP contribution in [0.3, 0.4) is 0 Å². The minimum atomic E-state index is -0.728. The van der Waals surface area contributed by atoms with Crippen molar-refractivity contribution in [3.05, 3.63) is 36.5 Å². The summed E-state index contributed by atoms with van der Waals surface area (Å²) in [6.07, 6.45) is 41.7. The predicted octanol–water partition coefficient (Wildman–Crippen LogP) is 11.8. The third kappa shape index (κ3) is 32.5. The van der Waals surface area contributed by atoms with Gasteiger partial charge in [0.2, 0.25) is 0 Å². The topological polar surface area (TPSA) is 63.6 Å². The molecule has 41 heavy (non-hydrogen) atoms. The Labute approximate surface area is 254 Å². The number of allylic oxidation sites excluding steroid dienone is 5. The van der Waals surface area contributed by atoms with Crippen LogP contribution < -0.4 is 0 Å². The molecule has 0 saturated carbocycles. The van der Waals surface area contributed by atoms with E-state index in [0.717, 1.165) is 51.4 Å². The van der Waals surface area contributed by atoms with Crippen molar-refractivity contribution in [1.29, 1.82) is 0 Å². The van der Waals surface area contributed by atoms with Gasteiger partial charge in [0.1, 0.15) is 6.10 Å². The minimum absolute atomic E-state index is 0.0863. The summed E-state index contributed by atoms with van der Waals surface area (Å²) in [5.41, 5.74) is 0. The van der Waals surface area contributed by atoms with Gasteiger partial charge in [0.15, 0.2) is 0 Å². The molecule has 0 heterocycles. The minimum Gasteiger partial charge on any atom is -0.481 e. The lowest BCUT2D eigenvalue weighted by atomic mass is 10.1. The zero-order valence-corrected chi connectivity index (χ0v) is 27.1. The highest BCUT2D eigenvalue weighted by molar-refractivity contribution is 5.69. The Bertz CT molecular complexity index is 664. The summed E-state index contributed by atoms with van der Waals surface area (Å²) in [7, 11) is 0. The molecule has 0 amide bonds. The van der Waals surface area contributed by atoms with Crippen molar-refractivity contribution < 1.29 is 19.4 Å². The Hall–Kier alpha value is -1.84. The first-order valence-electron chi connectivity index (χ1n) is 17.5. The van der Waals surface area contributed by atoms with Crippen LogP contribution in [0.5, 0.6) is 0 Å². The molecule has 0 aromatic carbocycles. The molecule has 0 aliphatic carbocycles. The number of esters is 1. The predicted molar refractivity (Wildman–Crippen MR) is 176 cm³/mol. The zero-order chi connectivity index (χ0) is 30.1. The maximum absolute atomic E-state index is 12.5. The van der Waals surface area contributed by atoms with Gasteiger partial charge < -0.3 is 9.84 Å². The monoisotopic (exact) mass is 574 g/mol. The molecule has 0 aromatic rings. The molecule has 4 nitrogen and oxygen atoms in total. The Morgan fingerprint density at radius 1 is 0.561 bits per heavy atom. The Morgan fingerprint density at radius 3 is 1.66 bits per heavy atom. The molecule has 1 atom stereocenters. The summed E-state index contributed by atoms with van der Waals surface area (Å²) in [5.74, 6) is -0.815. The van der Waals surface area contributed by atoms with E-state index in [1.54, 1.807) is 0 Å². The summed E-state index contributed by atoms with van der Waals surface area (Å²) in [4.78, 5) is 23.2. The van der Waals surface area contributed by atoms with E-state index in [1.807, 2.05) is 6.08 Å². The standard InChI is InChI=1S/C37H66O4/c1-3-5-7-9-11-12-13-14-15-16-17-18-19-20-22-24-30-34-37(40)41-35(31-27-23-21-10-8-6-4-2)32-28-25-26-29-33-36(38)39/h10,14-15,21,27,31,35H,3-9,11-13,16-20,22-26,28-30,32-34H2,1-2H3,(H,38,39)/b15-14-,21-10-,31-27-. The van der Waals surface area contributed by atoms with Crippen molar-refractivity contribution in [2.75, 3.05) is 0 Å². The first kappa shape index (κ1) is 39.2. The van der Waals surface area contributed by atoms with Crippen LogP contribution in [0.4, 0.5) is 0 Å². The first-order chi connectivity index (χ1) is 20.1. The zero-order valence-electron chi connectivity index (χ0n) is 27.1. The Balaban J connectivity index is 3.96. The van der Waals surface area contributed by atoms with Crippen LogP contribution in [0.15, 0.2) is 36.5 Å². The SMILES string of the molecule is CCCC/C=C\C/C=C\C(CCCCCCC(=O)O)OC(=O)CCCCCCCCC/C=C\CCCCCCCC. The number of carboxylic acids is 1. The molecule has 4 heteroatoms. The molecule has 0 aliphatic rings. The molecular formula is C37H66O4. The van der Waals surface area contributed by atoms with E-state index < -0.39 is 5.97 Å². The van der Waals surface area contributed by atoms with E-state index >= 15 is 0 Å². The molecule has 1 unspecified atom stereocenters. The van der Waals surface area contributed by atoms with Crippen molar-refractivity contribution in [3.8, 4) is 0 Å². The van der Waals surface area contributed by atoms with Crippen LogP contribution in [0.1, 0.15) is 181 Å². The van der Waals surface area contributed by atoms with Gasteiger partial charge in [-0.15, -0.1) is 0 Å². The van der Waals surface area contributed by atoms with Crippen molar-refractivity contribution >= 4 is 11.9 Å². The lowest BCUT2D eigenvalue weighted by Crippen LogP contribution is -2.16. The number of hydrogen-bond acceptors (Lipinski definition) is 3. The quantitative estimate of drug-likeness (QED) is 0.0508. The van der Waals surface area contributed by atoms with Crippen LogP contribution in [0, 0.1) is 0 Å². The highest BCUT2D eigenvalue weighted by Crippen LogP contribution is 2.15. The van der Waals surface area contributed by atoms with Gasteiger partial charge in [-0.05, 0) is 70.3 Å². The molecule has 0 fully saturated rings. The molecule has 1 N–H and O–H groups in total. The highest BCUT2D eigenvalue weighted by atomic mass is 16.5. The fourth-order valence-electron chi connectivity index (χ4n) is 4.94. The van der Waals surface area contributed by atoms with E-state index in [4.69, 9.17) is 9.84 Å². The van der Waals surface area contributed by atoms with Gasteiger partial charge in [-0.3, -0.25) is 9.59 Å². The second-order valence-electron chi connectivity index (χ2n) is 11.7. The maximum Gasteiger partial charge on any atom is 0.306 e. The Kier molecular flexibility index (Phi) is 31.2. The van der Waals surface area contributed by atoms with Gasteiger partial charge in [-0.1, -0.05) is 134 Å². The van der Waals surface area contributed by atoms with Crippen molar-refractivity contribution in [2.45, 2.75) is 187 Å². The molecule has 0 saturated heterocycles. The van der Waals surface area contributed by atoms with E-state index in [1.165, 1.54) is 96.3 Å². The first-order valence-corrected chi connectivity index (χ1v) is 17.5. The van der Waals surface area contributed by atoms with Crippen molar-refractivity contribution in [3.63, 3.8) is 0 Å². The van der Waals surface area contributed by atoms with E-state index in [-0.39, 0.29) is 18.5 Å². The normalized spacial score (nSPS) is 12.6. The summed E-state index contributed by atoms with van der Waals surface area (Å²) >= 11 is 0. The maximum atomic E-state index is 12.5. The van der Waals surface area contributed by atoms with E-state index in [9.17, 15) is 9.59 Å². The largest absolute Gasteiger partial charge is 0.481 e.